The lowest BCUT2D eigenvalue weighted by molar-refractivity contribution is 1.07. The van der Waals surface area contributed by atoms with E-state index in [1.807, 2.05) is 6.07 Å². The van der Waals surface area contributed by atoms with Crippen LogP contribution < -0.4 is 0 Å². The zero-order valence-corrected chi connectivity index (χ0v) is 35.8. The maximum atomic E-state index is 5.49. The molecule has 0 spiro atoms. The van der Waals surface area contributed by atoms with E-state index < -0.39 is 0 Å². The van der Waals surface area contributed by atoms with Crippen LogP contribution in [0.25, 0.3) is 122 Å². The van der Waals surface area contributed by atoms with Gasteiger partial charge in [-0.3, -0.25) is 0 Å². The van der Waals surface area contributed by atoms with E-state index in [1.165, 1.54) is 10.8 Å². The van der Waals surface area contributed by atoms with Gasteiger partial charge in [0.2, 0.25) is 0 Å². The standard InChI is InChI=1S/C61H39N5/c1-4-18-40(19-5-1)41-34-36-43(37-35-41)59-62-60(52-39-38-45(42-20-6-2-7-21-42)46-24-10-11-25-47(46)52)64-61(63-59)53-30-16-28-50-48-26-13-15-32-55(48)66(57(50)53)56-33-17-29-51-49-27-12-14-31-54(49)65(58(51)56)44-22-8-3-9-23-44/h1-39H. The molecule has 0 bridgehead atoms. The van der Waals surface area contributed by atoms with Gasteiger partial charge in [0, 0.05) is 43.9 Å². The Morgan fingerprint density at radius 2 is 0.697 bits per heavy atom. The Morgan fingerprint density at radius 3 is 1.38 bits per heavy atom. The molecule has 0 fully saturated rings. The minimum absolute atomic E-state index is 0.601. The molecular formula is C61H39N5. The molecular weight excluding hydrogens is 803 g/mol. The van der Waals surface area contributed by atoms with Crippen LogP contribution in [0.1, 0.15) is 0 Å². The van der Waals surface area contributed by atoms with Crippen LogP contribution in [0.15, 0.2) is 237 Å². The summed E-state index contributed by atoms with van der Waals surface area (Å²) in [6.45, 7) is 0. The summed E-state index contributed by atoms with van der Waals surface area (Å²) in [6, 6.07) is 83.9. The molecule has 0 aliphatic carbocycles. The molecule has 0 amide bonds. The first-order valence-electron chi connectivity index (χ1n) is 22.4. The van der Waals surface area contributed by atoms with Gasteiger partial charge in [0.15, 0.2) is 17.5 Å². The Labute approximate surface area is 381 Å². The fraction of sp³-hybridized carbons (Fsp3) is 0. The zero-order chi connectivity index (χ0) is 43.6. The summed E-state index contributed by atoms with van der Waals surface area (Å²) < 4.78 is 4.84. The zero-order valence-electron chi connectivity index (χ0n) is 35.8. The average Bonchev–Trinajstić information content (AvgIpc) is 3.92. The second-order valence-corrected chi connectivity index (χ2v) is 16.7. The van der Waals surface area contributed by atoms with E-state index in [0.717, 1.165) is 93.9 Å². The van der Waals surface area contributed by atoms with Gasteiger partial charge in [0.25, 0.3) is 0 Å². The third-order valence-corrected chi connectivity index (χ3v) is 13.0. The van der Waals surface area contributed by atoms with E-state index in [2.05, 4.69) is 240 Å². The van der Waals surface area contributed by atoms with Gasteiger partial charge in [0.1, 0.15) is 0 Å². The van der Waals surface area contributed by atoms with Crippen molar-refractivity contribution >= 4 is 54.4 Å². The summed E-state index contributed by atoms with van der Waals surface area (Å²) in [5, 5.41) is 6.88. The van der Waals surface area contributed by atoms with E-state index in [-0.39, 0.29) is 0 Å². The molecule has 13 rings (SSSR count). The number of aromatic nitrogens is 5. The highest BCUT2D eigenvalue weighted by Crippen LogP contribution is 2.43. The summed E-state index contributed by atoms with van der Waals surface area (Å²) >= 11 is 0. The van der Waals surface area contributed by atoms with E-state index in [1.54, 1.807) is 0 Å². The Bertz CT molecular complexity index is 3960. The third kappa shape index (κ3) is 6.05. The first-order chi connectivity index (χ1) is 32.8. The quantitative estimate of drug-likeness (QED) is 0.161. The van der Waals surface area contributed by atoms with Crippen LogP contribution in [-0.4, -0.2) is 24.1 Å². The number of fused-ring (bicyclic) bond motifs is 7. The van der Waals surface area contributed by atoms with Crippen molar-refractivity contribution in [2.24, 2.45) is 0 Å². The lowest BCUT2D eigenvalue weighted by atomic mass is 9.94. The van der Waals surface area contributed by atoms with Gasteiger partial charge in [-0.1, -0.05) is 194 Å². The van der Waals surface area contributed by atoms with Crippen LogP contribution in [0.4, 0.5) is 0 Å². The molecule has 3 aromatic heterocycles. The fourth-order valence-electron chi connectivity index (χ4n) is 10.0. The third-order valence-electron chi connectivity index (χ3n) is 13.0. The topological polar surface area (TPSA) is 48.5 Å². The summed E-state index contributed by atoms with van der Waals surface area (Å²) in [5.74, 6) is 1.82. The van der Waals surface area contributed by atoms with E-state index in [9.17, 15) is 0 Å². The predicted octanol–water partition coefficient (Wildman–Crippen LogP) is 15.6. The lowest BCUT2D eigenvalue weighted by Crippen LogP contribution is -2.04. The second-order valence-electron chi connectivity index (χ2n) is 16.7. The van der Waals surface area contributed by atoms with Gasteiger partial charge in [0.05, 0.1) is 27.8 Å². The highest BCUT2D eigenvalue weighted by Gasteiger charge is 2.24. The molecule has 3 heterocycles. The number of hydrogen-bond donors (Lipinski definition) is 0. The van der Waals surface area contributed by atoms with Crippen molar-refractivity contribution in [1.29, 1.82) is 0 Å². The number of benzene rings is 10. The molecule has 0 N–H and O–H groups in total. The van der Waals surface area contributed by atoms with Gasteiger partial charge in [-0.15, -0.1) is 0 Å². The lowest BCUT2D eigenvalue weighted by Gasteiger charge is -2.16. The molecule has 66 heavy (non-hydrogen) atoms. The molecule has 0 aliphatic rings. The minimum atomic E-state index is 0.601. The molecule has 13 aromatic rings. The van der Waals surface area contributed by atoms with Crippen LogP contribution in [0.5, 0.6) is 0 Å². The summed E-state index contributed by atoms with van der Waals surface area (Å²) in [6.07, 6.45) is 0. The van der Waals surface area contributed by atoms with Crippen LogP contribution in [-0.2, 0) is 0 Å². The molecule has 0 radical (unpaired) electrons. The molecule has 10 aromatic carbocycles. The Kier molecular flexibility index (Phi) is 8.78. The van der Waals surface area contributed by atoms with Crippen molar-refractivity contribution < 1.29 is 0 Å². The highest BCUT2D eigenvalue weighted by molar-refractivity contribution is 6.17. The highest BCUT2D eigenvalue weighted by atomic mass is 15.1. The maximum Gasteiger partial charge on any atom is 0.166 e. The van der Waals surface area contributed by atoms with Crippen molar-refractivity contribution in [1.82, 2.24) is 24.1 Å². The van der Waals surface area contributed by atoms with Crippen molar-refractivity contribution in [3.8, 4) is 67.8 Å². The van der Waals surface area contributed by atoms with Crippen molar-refractivity contribution in [2.75, 3.05) is 0 Å². The Hall–Kier alpha value is -8.93. The predicted molar refractivity (Wildman–Crippen MR) is 273 cm³/mol. The Morgan fingerprint density at radius 1 is 0.242 bits per heavy atom. The van der Waals surface area contributed by atoms with Gasteiger partial charge < -0.3 is 9.13 Å². The molecule has 0 atom stereocenters. The molecule has 0 aliphatic heterocycles. The first kappa shape index (κ1) is 37.6. The van der Waals surface area contributed by atoms with Crippen molar-refractivity contribution in [3.63, 3.8) is 0 Å². The van der Waals surface area contributed by atoms with Crippen molar-refractivity contribution in [2.45, 2.75) is 0 Å². The van der Waals surface area contributed by atoms with Crippen LogP contribution in [0.2, 0.25) is 0 Å². The SMILES string of the molecule is c1ccc(-c2ccc(-c3nc(-c4ccc(-c5ccccc5)c5ccccc45)nc(-c4cccc5c6ccccc6n(-c6cccc7c8ccccc8n(-c8ccccc8)c67)c45)n3)cc2)cc1. The molecule has 5 heteroatoms. The Balaban J connectivity index is 1.10. The van der Waals surface area contributed by atoms with E-state index in [0.29, 0.717) is 17.5 Å². The van der Waals surface area contributed by atoms with Gasteiger partial charge in [-0.2, -0.15) is 0 Å². The van der Waals surface area contributed by atoms with Gasteiger partial charge >= 0.3 is 0 Å². The summed E-state index contributed by atoms with van der Waals surface area (Å²) in [5.41, 5.74) is 14.0. The number of para-hydroxylation sites is 5. The van der Waals surface area contributed by atoms with E-state index in [4.69, 9.17) is 15.0 Å². The minimum Gasteiger partial charge on any atom is -0.307 e. The van der Waals surface area contributed by atoms with Crippen LogP contribution in [0.3, 0.4) is 0 Å². The molecule has 0 unspecified atom stereocenters. The maximum absolute atomic E-state index is 5.49. The molecule has 0 saturated carbocycles. The van der Waals surface area contributed by atoms with E-state index >= 15 is 0 Å². The summed E-state index contributed by atoms with van der Waals surface area (Å²) in [4.78, 5) is 16.3. The van der Waals surface area contributed by atoms with Crippen LogP contribution in [0, 0.1) is 0 Å². The largest absolute Gasteiger partial charge is 0.307 e. The number of rotatable bonds is 7. The number of nitrogens with zero attached hydrogens (tertiary/aromatic N) is 5. The fourth-order valence-corrected chi connectivity index (χ4v) is 10.0. The molecule has 5 nitrogen and oxygen atoms in total. The van der Waals surface area contributed by atoms with Crippen molar-refractivity contribution in [3.05, 3.63) is 237 Å². The molecule has 308 valence electrons. The second kappa shape index (κ2) is 15.4. The van der Waals surface area contributed by atoms with Gasteiger partial charge in [-0.05, 0) is 75.5 Å². The smallest absolute Gasteiger partial charge is 0.166 e. The molecule has 0 saturated heterocycles. The number of hydrogen-bond acceptors (Lipinski definition) is 3. The van der Waals surface area contributed by atoms with Crippen LogP contribution >= 0.6 is 0 Å². The normalized spacial score (nSPS) is 11.6. The van der Waals surface area contributed by atoms with Gasteiger partial charge in [-0.25, -0.2) is 15.0 Å². The first-order valence-corrected chi connectivity index (χ1v) is 22.4. The summed E-state index contributed by atoms with van der Waals surface area (Å²) in [7, 11) is 0. The monoisotopic (exact) mass is 841 g/mol. The average molecular weight is 842 g/mol.